The van der Waals surface area contributed by atoms with Crippen molar-refractivity contribution in [2.75, 3.05) is 19.7 Å². The molecule has 0 atom stereocenters. The van der Waals surface area contributed by atoms with Crippen molar-refractivity contribution in [2.45, 2.75) is 19.9 Å². The van der Waals surface area contributed by atoms with Crippen LogP contribution in [0.25, 0.3) is 6.08 Å². The van der Waals surface area contributed by atoms with Gasteiger partial charge in [0.2, 0.25) is 5.91 Å². The maximum absolute atomic E-state index is 13.0. The molecule has 2 aromatic carbocycles. The van der Waals surface area contributed by atoms with Crippen LogP contribution in [0.15, 0.2) is 41.3 Å². The average Bonchev–Trinajstić information content (AvgIpc) is 3.03. The Kier molecular flexibility index (Phi) is 7.45. The van der Waals surface area contributed by atoms with Crippen molar-refractivity contribution in [1.29, 1.82) is 0 Å². The number of ether oxygens (including phenoxy) is 1. The third-order valence-corrected chi connectivity index (χ3v) is 7.59. The summed E-state index contributed by atoms with van der Waals surface area (Å²) in [6.45, 7) is 3.23. The van der Waals surface area contributed by atoms with Gasteiger partial charge in [-0.05, 0) is 99.6 Å². The summed E-state index contributed by atoms with van der Waals surface area (Å²) < 4.78 is 7.69. The zero-order valence-corrected chi connectivity index (χ0v) is 22.4. The molecule has 0 N–H and O–H groups in total. The summed E-state index contributed by atoms with van der Waals surface area (Å²) in [6, 6.07) is 11.9. The highest BCUT2D eigenvalue weighted by molar-refractivity contribution is 14.1. The lowest BCUT2D eigenvalue weighted by Crippen LogP contribution is -2.44. The number of amides is 3. The van der Waals surface area contributed by atoms with E-state index in [0.29, 0.717) is 30.4 Å². The Bertz CT molecular complexity index is 1130. The Morgan fingerprint density at radius 2 is 1.94 bits per heavy atom. The van der Waals surface area contributed by atoms with Gasteiger partial charge in [0.05, 0.1) is 15.1 Å². The van der Waals surface area contributed by atoms with Gasteiger partial charge in [-0.15, -0.1) is 0 Å². The lowest BCUT2D eigenvalue weighted by atomic mass is 10.00. The molecule has 3 amide bonds. The molecular weight excluding hydrogens is 654 g/mol. The number of hydrogen-bond donors (Lipinski definition) is 0. The summed E-state index contributed by atoms with van der Waals surface area (Å²) >= 11 is 5.27. The van der Waals surface area contributed by atoms with Gasteiger partial charge in [0, 0.05) is 22.2 Å². The standard InChI is InChI=1S/C23H20I2N2O4S/c1-2-31-21-16(9-17(24)11-18(21)25)10-19-22(29)27(23(30)32-19)13-20(28)26-8-7-14-5-3-4-6-15(14)12-26/h3-6,9-11H,2,7-8,12-13H2,1H3/b19-10+. The van der Waals surface area contributed by atoms with Crippen LogP contribution in [0.2, 0.25) is 0 Å². The first-order valence-electron chi connectivity index (χ1n) is 10.1. The van der Waals surface area contributed by atoms with E-state index in [1.165, 1.54) is 5.56 Å². The van der Waals surface area contributed by atoms with E-state index in [9.17, 15) is 14.4 Å². The number of benzene rings is 2. The van der Waals surface area contributed by atoms with E-state index in [2.05, 4.69) is 51.2 Å². The van der Waals surface area contributed by atoms with Crippen LogP contribution in [0.1, 0.15) is 23.6 Å². The Morgan fingerprint density at radius 3 is 2.69 bits per heavy atom. The van der Waals surface area contributed by atoms with Crippen LogP contribution in [0, 0.1) is 7.14 Å². The van der Waals surface area contributed by atoms with Crippen molar-refractivity contribution in [3.63, 3.8) is 0 Å². The molecule has 2 aliphatic heterocycles. The zero-order chi connectivity index (χ0) is 22.8. The molecule has 1 fully saturated rings. The summed E-state index contributed by atoms with van der Waals surface area (Å²) in [6.07, 6.45) is 2.46. The van der Waals surface area contributed by atoms with Gasteiger partial charge in [0.1, 0.15) is 12.3 Å². The smallest absolute Gasteiger partial charge is 0.294 e. The highest BCUT2D eigenvalue weighted by atomic mass is 127. The van der Waals surface area contributed by atoms with Crippen LogP contribution in [0.4, 0.5) is 4.79 Å². The first kappa shape index (κ1) is 23.6. The van der Waals surface area contributed by atoms with Gasteiger partial charge in [-0.1, -0.05) is 24.3 Å². The molecule has 0 radical (unpaired) electrons. The van der Waals surface area contributed by atoms with Crippen molar-refractivity contribution in [1.82, 2.24) is 9.80 Å². The number of fused-ring (bicyclic) bond motifs is 1. The predicted molar refractivity (Wildman–Crippen MR) is 141 cm³/mol. The Balaban J connectivity index is 1.51. The normalized spacial score (nSPS) is 17.2. The van der Waals surface area contributed by atoms with Crippen LogP contribution in [0.3, 0.4) is 0 Å². The van der Waals surface area contributed by atoms with Crippen LogP contribution in [0.5, 0.6) is 5.75 Å². The number of nitrogens with zero attached hydrogens (tertiary/aromatic N) is 2. The van der Waals surface area contributed by atoms with Crippen molar-refractivity contribution < 1.29 is 19.1 Å². The lowest BCUT2D eigenvalue weighted by molar-refractivity contribution is -0.136. The van der Waals surface area contributed by atoms with Gasteiger partial charge >= 0.3 is 0 Å². The summed E-state index contributed by atoms with van der Waals surface area (Å²) in [5.41, 5.74) is 3.09. The second-order valence-electron chi connectivity index (χ2n) is 7.34. The number of hydrogen-bond acceptors (Lipinski definition) is 5. The minimum atomic E-state index is -0.443. The molecule has 2 aromatic rings. The van der Waals surface area contributed by atoms with E-state index >= 15 is 0 Å². The first-order chi connectivity index (χ1) is 15.4. The van der Waals surface area contributed by atoms with E-state index < -0.39 is 11.1 Å². The molecule has 2 aliphatic rings. The molecule has 4 rings (SSSR count). The Hall–Kier alpha value is -1.60. The van der Waals surface area contributed by atoms with Crippen molar-refractivity contribution in [3.05, 3.63) is 65.1 Å². The minimum Gasteiger partial charge on any atom is -0.492 e. The minimum absolute atomic E-state index is 0.220. The Labute approximate surface area is 218 Å². The summed E-state index contributed by atoms with van der Waals surface area (Å²) in [4.78, 5) is 41.5. The highest BCUT2D eigenvalue weighted by Crippen LogP contribution is 2.36. The molecule has 0 bridgehead atoms. The maximum atomic E-state index is 13.0. The SMILES string of the molecule is CCOc1c(I)cc(I)cc1/C=C1/SC(=O)N(CC(=O)N2CCc3ccccc3C2)C1=O. The maximum Gasteiger partial charge on any atom is 0.294 e. The third-order valence-electron chi connectivity index (χ3n) is 5.26. The van der Waals surface area contributed by atoms with E-state index in [1.54, 1.807) is 11.0 Å². The summed E-state index contributed by atoms with van der Waals surface area (Å²) in [5, 5.41) is -0.426. The highest BCUT2D eigenvalue weighted by Gasteiger charge is 2.37. The quantitative estimate of drug-likeness (QED) is 0.333. The summed E-state index contributed by atoms with van der Waals surface area (Å²) in [5.74, 6) is 0.0207. The fraction of sp³-hybridized carbons (Fsp3) is 0.261. The molecular formula is C23H20I2N2O4S. The van der Waals surface area contributed by atoms with E-state index in [-0.39, 0.29) is 12.5 Å². The largest absolute Gasteiger partial charge is 0.492 e. The average molecular weight is 674 g/mol. The number of carbonyl (C=O) groups excluding carboxylic acids is 3. The van der Waals surface area contributed by atoms with Gasteiger partial charge in [-0.2, -0.15) is 0 Å². The van der Waals surface area contributed by atoms with Crippen LogP contribution >= 0.6 is 56.9 Å². The van der Waals surface area contributed by atoms with Crippen LogP contribution < -0.4 is 4.74 Å². The lowest BCUT2D eigenvalue weighted by Gasteiger charge is -2.29. The van der Waals surface area contributed by atoms with Gasteiger partial charge in [-0.25, -0.2) is 0 Å². The number of halogens is 2. The molecule has 9 heteroatoms. The van der Waals surface area contributed by atoms with Crippen molar-refractivity contribution in [3.8, 4) is 5.75 Å². The number of rotatable bonds is 5. The molecule has 1 saturated heterocycles. The monoisotopic (exact) mass is 674 g/mol. The molecule has 0 spiro atoms. The van der Waals surface area contributed by atoms with E-state index in [0.717, 1.165) is 41.3 Å². The van der Waals surface area contributed by atoms with Crippen LogP contribution in [-0.4, -0.2) is 46.5 Å². The summed E-state index contributed by atoms with van der Waals surface area (Å²) in [7, 11) is 0. The molecule has 2 heterocycles. The fourth-order valence-corrected chi connectivity index (χ4v) is 6.58. The van der Waals surface area contributed by atoms with Gasteiger partial charge in [0.25, 0.3) is 11.1 Å². The third kappa shape index (κ3) is 4.98. The first-order valence-corrected chi connectivity index (χ1v) is 13.1. The van der Waals surface area contributed by atoms with E-state index in [1.807, 2.05) is 37.3 Å². The molecule has 0 unspecified atom stereocenters. The van der Waals surface area contributed by atoms with Gasteiger partial charge in [-0.3, -0.25) is 19.3 Å². The Morgan fingerprint density at radius 1 is 1.19 bits per heavy atom. The second kappa shape index (κ2) is 10.1. The van der Waals surface area contributed by atoms with Gasteiger partial charge < -0.3 is 9.64 Å². The van der Waals surface area contributed by atoms with Gasteiger partial charge in [0.15, 0.2) is 0 Å². The van der Waals surface area contributed by atoms with Crippen molar-refractivity contribution >= 4 is 80.1 Å². The number of carbonyl (C=O) groups is 3. The van der Waals surface area contributed by atoms with Crippen LogP contribution in [-0.2, 0) is 22.6 Å². The van der Waals surface area contributed by atoms with Crippen molar-refractivity contribution in [2.24, 2.45) is 0 Å². The molecule has 32 heavy (non-hydrogen) atoms. The fourth-order valence-electron chi connectivity index (χ4n) is 3.71. The number of thioether (sulfide) groups is 1. The van der Waals surface area contributed by atoms with E-state index in [4.69, 9.17) is 4.74 Å². The second-order valence-corrected chi connectivity index (χ2v) is 10.7. The molecule has 0 aliphatic carbocycles. The molecule has 0 saturated carbocycles. The molecule has 0 aromatic heterocycles. The number of imide groups is 1. The topological polar surface area (TPSA) is 66.9 Å². The predicted octanol–water partition coefficient (Wildman–Crippen LogP) is 4.92. The molecule has 6 nitrogen and oxygen atoms in total. The molecule has 166 valence electrons. The zero-order valence-electron chi connectivity index (χ0n) is 17.3.